The van der Waals surface area contributed by atoms with Crippen molar-refractivity contribution in [2.45, 2.75) is 6.42 Å². The zero-order chi connectivity index (χ0) is 12.1. The zero-order valence-corrected chi connectivity index (χ0v) is 9.56. The molecule has 0 aliphatic heterocycles. The summed E-state index contributed by atoms with van der Waals surface area (Å²) in [6.45, 7) is 0.794. The van der Waals surface area contributed by atoms with Crippen molar-refractivity contribution in [1.82, 2.24) is 4.98 Å². The second kappa shape index (κ2) is 5.21. The Bertz CT molecular complexity index is 462. The fourth-order valence-electron chi connectivity index (χ4n) is 1.67. The molecule has 2 aromatic rings. The summed E-state index contributed by atoms with van der Waals surface area (Å²) in [5.41, 5.74) is 14.8. The molecule has 0 fully saturated rings. The predicted octanol–water partition coefficient (Wildman–Crippen LogP) is 1.90. The summed E-state index contributed by atoms with van der Waals surface area (Å²) in [4.78, 5) is 3.92. The number of rotatable bonds is 4. The Balaban J connectivity index is 1.95. The summed E-state index contributed by atoms with van der Waals surface area (Å²) in [7, 11) is 0. The van der Waals surface area contributed by atoms with Crippen molar-refractivity contribution in [1.29, 1.82) is 0 Å². The van der Waals surface area contributed by atoms with Gasteiger partial charge in [0.15, 0.2) is 0 Å². The lowest BCUT2D eigenvalue weighted by Gasteiger charge is -2.11. The highest BCUT2D eigenvalue weighted by Gasteiger charge is 2.02. The third kappa shape index (κ3) is 2.87. The first-order valence-electron chi connectivity index (χ1n) is 5.54. The van der Waals surface area contributed by atoms with Gasteiger partial charge in [-0.3, -0.25) is 4.98 Å². The molecule has 0 saturated heterocycles. The summed E-state index contributed by atoms with van der Waals surface area (Å²) < 4.78 is 0. The van der Waals surface area contributed by atoms with E-state index in [9.17, 15) is 0 Å². The Kier molecular flexibility index (Phi) is 3.45. The summed E-state index contributed by atoms with van der Waals surface area (Å²) >= 11 is 0. The second-order valence-electron chi connectivity index (χ2n) is 3.86. The van der Waals surface area contributed by atoms with Crippen molar-refractivity contribution in [3.63, 3.8) is 0 Å². The fourth-order valence-corrected chi connectivity index (χ4v) is 1.67. The topological polar surface area (TPSA) is 77.0 Å². The smallest absolute Gasteiger partial charge is 0.0839 e. The van der Waals surface area contributed by atoms with E-state index < -0.39 is 0 Å². The Morgan fingerprint density at radius 3 is 2.29 bits per heavy atom. The van der Waals surface area contributed by atoms with Gasteiger partial charge in [-0.25, -0.2) is 0 Å². The largest absolute Gasteiger partial charge is 0.396 e. The van der Waals surface area contributed by atoms with Crippen LogP contribution >= 0.6 is 0 Å². The molecule has 4 heteroatoms. The van der Waals surface area contributed by atoms with Gasteiger partial charge in [0.05, 0.1) is 29.5 Å². The van der Waals surface area contributed by atoms with Gasteiger partial charge in [0.1, 0.15) is 0 Å². The molecule has 1 heterocycles. The Morgan fingerprint density at radius 2 is 1.65 bits per heavy atom. The molecule has 88 valence electrons. The maximum atomic E-state index is 5.80. The Labute approximate surface area is 101 Å². The molecule has 1 aromatic heterocycles. The molecule has 0 radical (unpaired) electrons. The van der Waals surface area contributed by atoms with E-state index in [-0.39, 0.29) is 0 Å². The van der Waals surface area contributed by atoms with E-state index in [1.807, 2.05) is 18.2 Å². The summed E-state index contributed by atoms with van der Waals surface area (Å²) in [5, 5.41) is 3.24. The highest BCUT2D eigenvalue weighted by molar-refractivity contribution is 5.77. The molecule has 0 saturated carbocycles. The molecule has 0 aliphatic carbocycles. The summed E-state index contributed by atoms with van der Waals surface area (Å²) in [5.74, 6) is 0. The number of hydrogen-bond donors (Lipinski definition) is 3. The standard InChI is InChI=1S/C13H16N4/c14-11-8-16-9-12(15)13(11)17-7-6-10-4-2-1-3-5-10/h1-5,8-9H,6-7,14-15H2,(H,16,17). The molecule has 5 N–H and O–H groups in total. The summed E-state index contributed by atoms with van der Waals surface area (Å²) in [6.07, 6.45) is 4.13. The molecule has 4 nitrogen and oxygen atoms in total. The van der Waals surface area contributed by atoms with Crippen molar-refractivity contribution in [3.8, 4) is 0 Å². The van der Waals surface area contributed by atoms with Crippen LogP contribution < -0.4 is 16.8 Å². The van der Waals surface area contributed by atoms with Crippen LogP contribution in [0.15, 0.2) is 42.7 Å². The van der Waals surface area contributed by atoms with Gasteiger partial charge in [0, 0.05) is 6.54 Å². The van der Waals surface area contributed by atoms with Gasteiger partial charge in [-0.1, -0.05) is 30.3 Å². The van der Waals surface area contributed by atoms with Gasteiger partial charge >= 0.3 is 0 Å². The molecule has 0 unspecified atom stereocenters. The quantitative estimate of drug-likeness (QED) is 0.747. The van der Waals surface area contributed by atoms with Crippen LogP contribution in [-0.2, 0) is 6.42 Å². The number of aromatic nitrogens is 1. The first-order valence-corrected chi connectivity index (χ1v) is 5.54. The lowest BCUT2D eigenvalue weighted by Crippen LogP contribution is -2.09. The van der Waals surface area contributed by atoms with Crippen LogP contribution in [0.2, 0.25) is 0 Å². The number of anilines is 3. The Morgan fingerprint density at radius 1 is 1.00 bits per heavy atom. The molecule has 0 bridgehead atoms. The van der Waals surface area contributed by atoms with Gasteiger partial charge < -0.3 is 16.8 Å². The Hall–Kier alpha value is -2.23. The minimum atomic E-state index is 0.582. The van der Waals surface area contributed by atoms with Gasteiger partial charge in [0.25, 0.3) is 0 Å². The van der Waals surface area contributed by atoms with Gasteiger partial charge in [-0.05, 0) is 12.0 Å². The van der Waals surface area contributed by atoms with E-state index in [0.717, 1.165) is 18.7 Å². The van der Waals surface area contributed by atoms with E-state index >= 15 is 0 Å². The van der Waals surface area contributed by atoms with Gasteiger partial charge in [-0.15, -0.1) is 0 Å². The number of hydrogen-bond acceptors (Lipinski definition) is 4. The van der Waals surface area contributed by atoms with Crippen LogP contribution in [-0.4, -0.2) is 11.5 Å². The van der Waals surface area contributed by atoms with Crippen molar-refractivity contribution in [3.05, 3.63) is 48.3 Å². The number of nitrogens with zero attached hydrogens (tertiary/aromatic N) is 1. The molecule has 0 amide bonds. The number of nitrogen functional groups attached to an aromatic ring is 2. The number of benzene rings is 1. The van der Waals surface area contributed by atoms with Crippen molar-refractivity contribution in [2.24, 2.45) is 0 Å². The van der Waals surface area contributed by atoms with Crippen LogP contribution in [0.3, 0.4) is 0 Å². The molecule has 2 rings (SSSR count). The van der Waals surface area contributed by atoms with E-state index in [4.69, 9.17) is 11.5 Å². The van der Waals surface area contributed by atoms with Crippen LogP contribution in [0.5, 0.6) is 0 Å². The molecule has 1 aromatic carbocycles. The first kappa shape index (κ1) is 11.3. The third-order valence-corrected chi connectivity index (χ3v) is 2.56. The highest BCUT2D eigenvalue weighted by Crippen LogP contribution is 2.23. The number of pyridine rings is 1. The summed E-state index contributed by atoms with van der Waals surface area (Å²) in [6, 6.07) is 10.3. The number of nitrogens with one attached hydrogen (secondary N) is 1. The monoisotopic (exact) mass is 228 g/mol. The molecule has 0 spiro atoms. The molecular weight excluding hydrogens is 212 g/mol. The van der Waals surface area contributed by atoms with Crippen molar-refractivity contribution < 1.29 is 0 Å². The highest BCUT2D eigenvalue weighted by atomic mass is 14.9. The lowest BCUT2D eigenvalue weighted by molar-refractivity contribution is 1.02. The van der Waals surface area contributed by atoms with E-state index in [1.54, 1.807) is 12.4 Å². The van der Waals surface area contributed by atoms with E-state index in [0.29, 0.717) is 11.4 Å². The first-order chi connectivity index (χ1) is 8.27. The zero-order valence-electron chi connectivity index (χ0n) is 9.56. The molecule has 0 atom stereocenters. The SMILES string of the molecule is Nc1cncc(N)c1NCCc1ccccc1. The lowest BCUT2D eigenvalue weighted by atomic mass is 10.1. The predicted molar refractivity (Wildman–Crippen MR) is 71.7 cm³/mol. The van der Waals surface area contributed by atoms with E-state index in [2.05, 4.69) is 22.4 Å². The third-order valence-electron chi connectivity index (χ3n) is 2.56. The van der Waals surface area contributed by atoms with Gasteiger partial charge in [0.2, 0.25) is 0 Å². The van der Waals surface area contributed by atoms with Crippen LogP contribution in [0, 0.1) is 0 Å². The minimum Gasteiger partial charge on any atom is -0.396 e. The fraction of sp³-hybridized carbons (Fsp3) is 0.154. The maximum Gasteiger partial charge on any atom is 0.0839 e. The average Bonchev–Trinajstić information content (AvgIpc) is 2.34. The molecule has 0 aliphatic rings. The number of nitrogens with two attached hydrogens (primary N) is 2. The van der Waals surface area contributed by atoms with Crippen molar-refractivity contribution >= 4 is 17.1 Å². The van der Waals surface area contributed by atoms with Crippen LogP contribution in [0.1, 0.15) is 5.56 Å². The van der Waals surface area contributed by atoms with Crippen molar-refractivity contribution in [2.75, 3.05) is 23.3 Å². The van der Waals surface area contributed by atoms with Crippen LogP contribution in [0.4, 0.5) is 17.1 Å². The van der Waals surface area contributed by atoms with E-state index in [1.165, 1.54) is 5.56 Å². The normalized spacial score (nSPS) is 10.1. The maximum absolute atomic E-state index is 5.80. The van der Waals surface area contributed by atoms with Gasteiger partial charge in [-0.2, -0.15) is 0 Å². The second-order valence-corrected chi connectivity index (χ2v) is 3.86. The molecular formula is C13H16N4. The minimum absolute atomic E-state index is 0.582. The van der Waals surface area contributed by atoms with Crippen LogP contribution in [0.25, 0.3) is 0 Å². The average molecular weight is 228 g/mol. The molecule has 17 heavy (non-hydrogen) atoms.